The van der Waals surface area contributed by atoms with Crippen LogP contribution in [0, 0.1) is 5.82 Å². The highest BCUT2D eigenvalue weighted by Crippen LogP contribution is 2.45. The summed E-state index contributed by atoms with van der Waals surface area (Å²) in [5.41, 5.74) is 1.06. The number of ether oxygens (including phenoxy) is 1. The number of aromatic nitrogens is 2. The van der Waals surface area contributed by atoms with E-state index in [0.717, 1.165) is 43.4 Å². The van der Waals surface area contributed by atoms with Gasteiger partial charge < -0.3 is 19.9 Å². The molecule has 1 saturated carbocycles. The molecule has 3 heterocycles. The lowest BCUT2D eigenvalue weighted by Gasteiger charge is -2.28. The fourth-order valence-corrected chi connectivity index (χ4v) is 4.66. The lowest BCUT2D eigenvalue weighted by Crippen LogP contribution is -2.37. The Labute approximate surface area is 194 Å². The second-order valence-corrected chi connectivity index (χ2v) is 8.92. The van der Waals surface area contributed by atoms with Crippen molar-refractivity contribution in [2.45, 2.75) is 18.4 Å². The quantitative estimate of drug-likeness (QED) is 0.458. The fraction of sp³-hybridized carbons (Fsp3) is 0.269. The first-order chi connectivity index (χ1) is 16.5. The van der Waals surface area contributed by atoms with Gasteiger partial charge in [0.05, 0.1) is 29.8 Å². The van der Waals surface area contributed by atoms with Crippen LogP contribution in [0.15, 0.2) is 59.5 Å². The molecule has 7 nitrogen and oxygen atoms in total. The van der Waals surface area contributed by atoms with Crippen LogP contribution < -0.4 is 15.6 Å². The van der Waals surface area contributed by atoms with Gasteiger partial charge in [-0.25, -0.2) is 9.37 Å². The van der Waals surface area contributed by atoms with Crippen LogP contribution in [-0.2, 0) is 10.3 Å². The largest absolute Gasteiger partial charge is 0.378 e. The molecule has 1 aliphatic carbocycles. The minimum atomic E-state index is -0.720. The zero-order valence-corrected chi connectivity index (χ0v) is 18.4. The Bertz CT molecular complexity index is 1470. The van der Waals surface area contributed by atoms with Gasteiger partial charge in [-0.15, -0.1) is 0 Å². The monoisotopic (exact) mass is 458 g/mol. The lowest BCUT2D eigenvalue weighted by molar-refractivity contribution is 0.0926. The van der Waals surface area contributed by atoms with E-state index in [1.165, 1.54) is 6.07 Å². The van der Waals surface area contributed by atoms with Crippen molar-refractivity contribution >= 4 is 33.5 Å². The van der Waals surface area contributed by atoms with Crippen molar-refractivity contribution in [1.82, 2.24) is 15.3 Å². The Hall–Kier alpha value is -3.78. The molecule has 2 fully saturated rings. The minimum absolute atomic E-state index is 0.0948. The number of rotatable bonds is 4. The van der Waals surface area contributed by atoms with E-state index in [2.05, 4.69) is 20.2 Å². The van der Waals surface area contributed by atoms with Crippen molar-refractivity contribution < 1.29 is 13.9 Å². The van der Waals surface area contributed by atoms with Gasteiger partial charge in [0.25, 0.3) is 5.91 Å². The fourth-order valence-electron chi connectivity index (χ4n) is 4.66. The zero-order valence-electron chi connectivity index (χ0n) is 18.4. The number of para-hydroxylation sites is 1. The number of benzene rings is 2. The summed E-state index contributed by atoms with van der Waals surface area (Å²) in [5, 5.41) is 3.71. The van der Waals surface area contributed by atoms with Gasteiger partial charge in [0.15, 0.2) is 5.43 Å². The van der Waals surface area contributed by atoms with Gasteiger partial charge in [-0.05, 0) is 48.7 Å². The molecule has 6 rings (SSSR count). The molecule has 34 heavy (non-hydrogen) atoms. The molecule has 1 amide bonds. The zero-order chi connectivity index (χ0) is 23.3. The first kappa shape index (κ1) is 20.8. The predicted molar refractivity (Wildman–Crippen MR) is 128 cm³/mol. The van der Waals surface area contributed by atoms with Gasteiger partial charge in [0.1, 0.15) is 11.6 Å². The number of nitrogens with zero attached hydrogens (tertiary/aromatic N) is 2. The first-order valence-corrected chi connectivity index (χ1v) is 11.4. The van der Waals surface area contributed by atoms with E-state index in [4.69, 9.17) is 4.74 Å². The smallest absolute Gasteiger partial charge is 0.255 e. The number of amides is 1. The summed E-state index contributed by atoms with van der Waals surface area (Å²) in [6.07, 6.45) is 3.31. The number of aromatic amines is 1. The van der Waals surface area contributed by atoms with Gasteiger partial charge in [-0.2, -0.15) is 0 Å². The van der Waals surface area contributed by atoms with Crippen LogP contribution in [0.5, 0.6) is 0 Å². The van der Waals surface area contributed by atoms with E-state index < -0.39 is 17.3 Å². The Kier molecular flexibility index (Phi) is 4.84. The van der Waals surface area contributed by atoms with E-state index in [-0.39, 0.29) is 16.4 Å². The molecular weight excluding hydrogens is 435 g/mol. The van der Waals surface area contributed by atoms with Crippen molar-refractivity contribution in [3.63, 3.8) is 0 Å². The molecule has 4 aromatic rings. The third-order valence-corrected chi connectivity index (χ3v) is 6.78. The molecule has 172 valence electrons. The molecule has 0 atom stereocenters. The summed E-state index contributed by atoms with van der Waals surface area (Å²) in [5.74, 6) is -0.350. The average molecular weight is 458 g/mol. The van der Waals surface area contributed by atoms with Crippen LogP contribution in [0.3, 0.4) is 0 Å². The van der Waals surface area contributed by atoms with Crippen molar-refractivity contribution in [3.05, 3.63) is 81.9 Å². The SMILES string of the molecule is O=C(NC1(c2ccc(N3CCOCC3)nc2)CC1)c1cc2[nH]c3ccccc3c(=O)c2cc1F. The third kappa shape index (κ3) is 3.51. The lowest BCUT2D eigenvalue weighted by atomic mass is 10.0. The Balaban J connectivity index is 1.28. The number of anilines is 1. The van der Waals surface area contributed by atoms with Crippen LogP contribution in [0.25, 0.3) is 21.8 Å². The maximum atomic E-state index is 15.0. The number of nitrogens with one attached hydrogen (secondary N) is 2. The highest BCUT2D eigenvalue weighted by molar-refractivity contribution is 6.00. The molecule has 2 aliphatic rings. The third-order valence-electron chi connectivity index (χ3n) is 6.78. The number of carbonyl (C=O) groups excluding carboxylic acids is 1. The van der Waals surface area contributed by atoms with E-state index >= 15 is 0 Å². The van der Waals surface area contributed by atoms with Gasteiger partial charge >= 0.3 is 0 Å². The van der Waals surface area contributed by atoms with Crippen molar-refractivity contribution in [3.8, 4) is 0 Å². The molecule has 8 heteroatoms. The van der Waals surface area contributed by atoms with E-state index in [0.29, 0.717) is 29.6 Å². The molecule has 0 radical (unpaired) electrons. The molecule has 0 unspecified atom stereocenters. The maximum absolute atomic E-state index is 15.0. The van der Waals surface area contributed by atoms with Gasteiger partial charge in [-0.1, -0.05) is 18.2 Å². The topological polar surface area (TPSA) is 87.3 Å². The number of hydrogen-bond acceptors (Lipinski definition) is 5. The second-order valence-electron chi connectivity index (χ2n) is 8.92. The summed E-state index contributed by atoms with van der Waals surface area (Å²) in [6, 6.07) is 13.6. The summed E-state index contributed by atoms with van der Waals surface area (Å²) in [6.45, 7) is 2.96. The average Bonchev–Trinajstić information content (AvgIpc) is 3.65. The molecule has 0 spiro atoms. The Morgan fingerprint density at radius 3 is 2.59 bits per heavy atom. The number of carbonyl (C=O) groups is 1. The normalized spacial score (nSPS) is 17.1. The number of halogens is 1. The number of fused-ring (bicyclic) bond motifs is 2. The van der Waals surface area contributed by atoms with Gasteiger partial charge in [0.2, 0.25) is 0 Å². The molecule has 1 saturated heterocycles. The van der Waals surface area contributed by atoms with Gasteiger partial charge in [0, 0.05) is 35.6 Å². The van der Waals surface area contributed by atoms with Gasteiger partial charge in [-0.3, -0.25) is 9.59 Å². The van der Waals surface area contributed by atoms with Crippen molar-refractivity contribution in [2.24, 2.45) is 0 Å². The summed E-state index contributed by atoms with van der Waals surface area (Å²) < 4.78 is 20.4. The summed E-state index contributed by atoms with van der Waals surface area (Å²) >= 11 is 0. The number of morpholine rings is 1. The van der Waals surface area contributed by atoms with Crippen LogP contribution in [0.4, 0.5) is 10.2 Å². The highest BCUT2D eigenvalue weighted by atomic mass is 19.1. The molecule has 2 N–H and O–H groups in total. The van der Waals surface area contributed by atoms with E-state index in [9.17, 15) is 14.0 Å². The molecule has 2 aromatic carbocycles. The Morgan fingerprint density at radius 1 is 1.06 bits per heavy atom. The molecule has 2 aromatic heterocycles. The van der Waals surface area contributed by atoms with E-state index in [1.54, 1.807) is 24.4 Å². The highest BCUT2D eigenvalue weighted by Gasteiger charge is 2.46. The first-order valence-electron chi connectivity index (χ1n) is 11.4. The van der Waals surface area contributed by atoms with Crippen LogP contribution in [0.2, 0.25) is 0 Å². The minimum Gasteiger partial charge on any atom is -0.378 e. The molecule has 1 aliphatic heterocycles. The number of H-pyrrole nitrogens is 1. The number of hydrogen-bond donors (Lipinski definition) is 2. The van der Waals surface area contributed by atoms with Crippen molar-refractivity contribution in [2.75, 3.05) is 31.2 Å². The second kappa shape index (κ2) is 7.92. The van der Waals surface area contributed by atoms with E-state index in [1.807, 2.05) is 18.2 Å². The molecule has 0 bridgehead atoms. The summed E-state index contributed by atoms with van der Waals surface area (Å²) in [4.78, 5) is 35.8. The number of pyridine rings is 2. The van der Waals surface area contributed by atoms with Crippen LogP contribution in [0.1, 0.15) is 28.8 Å². The van der Waals surface area contributed by atoms with Crippen LogP contribution in [-0.4, -0.2) is 42.2 Å². The predicted octanol–water partition coefficient (Wildman–Crippen LogP) is 3.47. The molecular formula is C26H23FN4O3. The maximum Gasteiger partial charge on any atom is 0.255 e. The Morgan fingerprint density at radius 2 is 1.85 bits per heavy atom. The van der Waals surface area contributed by atoms with Crippen molar-refractivity contribution in [1.29, 1.82) is 0 Å². The summed E-state index contributed by atoms with van der Waals surface area (Å²) in [7, 11) is 0. The standard InChI is InChI=1S/C26H23FN4O3/c27-20-13-19-22(29-21-4-2-1-3-17(21)24(19)32)14-18(20)25(33)30-26(7-8-26)16-5-6-23(28-15-16)31-9-11-34-12-10-31/h1-6,13-15H,7-12H2,(H,29,32)(H,30,33). The van der Waals surface area contributed by atoms with Crippen LogP contribution >= 0.6 is 0 Å².